The van der Waals surface area contributed by atoms with E-state index in [0.29, 0.717) is 24.1 Å². The van der Waals surface area contributed by atoms with Gasteiger partial charge in [0.25, 0.3) is 0 Å². The maximum Gasteiger partial charge on any atom is 0.323 e. The van der Waals surface area contributed by atoms with Crippen LogP contribution in [0.15, 0.2) is 47.1 Å². The molecule has 2 N–H and O–H groups in total. The van der Waals surface area contributed by atoms with Crippen LogP contribution in [0.4, 0.5) is 25.0 Å². The number of amides is 2. The number of carbonyl (C=O) groups excluding carboxylic acids is 1. The van der Waals surface area contributed by atoms with Crippen molar-refractivity contribution in [2.45, 2.75) is 6.92 Å². The summed E-state index contributed by atoms with van der Waals surface area (Å²) < 4.78 is 34.8. The minimum atomic E-state index is -0.860. The number of halogens is 3. The number of aromatic nitrogens is 2. The third kappa shape index (κ3) is 4.30. The Morgan fingerprint density at radius 3 is 2.64 bits per heavy atom. The number of urea groups is 1. The quantitative estimate of drug-likeness (QED) is 0.563. The molecule has 0 bridgehead atoms. The molecule has 0 aliphatic carbocycles. The topological polar surface area (TPSA) is 68.2 Å². The summed E-state index contributed by atoms with van der Waals surface area (Å²) in [4.78, 5) is 12.2. The average Bonchev–Trinajstić information content (AvgIpc) is 2.97. The van der Waals surface area contributed by atoms with E-state index in [9.17, 15) is 13.6 Å². The van der Waals surface area contributed by atoms with Crippen LogP contribution in [0, 0.1) is 11.6 Å². The number of nitrogens with one attached hydrogen (secondary N) is 2. The highest BCUT2D eigenvalue weighted by molar-refractivity contribution is 9.10. The fourth-order valence-corrected chi connectivity index (χ4v) is 3.23. The van der Waals surface area contributed by atoms with E-state index in [4.69, 9.17) is 4.74 Å². The smallest absolute Gasteiger partial charge is 0.323 e. The van der Waals surface area contributed by atoms with Crippen molar-refractivity contribution in [2.75, 3.05) is 17.2 Å². The first-order valence-electron chi connectivity index (χ1n) is 8.36. The monoisotopic (exact) mass is 450 g/mol. The maximum absolute atomic E-state index is 13.7. The Hall–Kier alpha value is -2.94. The predicted octanol–water partition coefficient (Wildman–Crippen LogP) is 5.17. The highest BCUT2D eigenvalue weighted by Crippen LogP contribution is 2.36. The SMILES string of the molecule is CCOc1ccc(NC(=O)Nc2ccc(F)cc2F)cc1-c1c(Br)cnn1C. The third-order valence-corrected chi connectivity index (χ3v) is 4.45. The van der Waals surface area contributed by atoms with Crippen molar-refractivity contribution in [1.29, 1.82) is 0 Å². The number of hydrogen-bond acceptors (Lipinski definition) is 3. The van der Waals surface area contributed by atoms with Crippen molar-refractivity contribution in [3.8, 4) is 17.0 Å². The molecule has 3 rings (SSSR count). The van der Waals surface area contributed by atoms with Crippen molar-refractivity contribution in [3.05, 3.63) is 58.7 Å². The lowest BCUT2D eigenvalue weighted by Crippen LogP contribution is -2.20. The van der Waals surface area contributed by atoms with E-state index < -0.39 is 17.7 Å². The molecule has 1 heterocycles. The van der Waals surface area contributed by atoms with Gasteiger partial charge in [0.05, 0.1) is 28.7 Å². The van der Waals surface area contributed by atoms with Crippen LogP contribution < -0.4 is 15.4 Å². The molecule has 9 heteroatoms. The summed E-state index contributed by atoms with van der Waals surface area (Å²) in [5, 5.41) is 9.18. The van der Waals surface area contributed by atoms with Gasteiger partial charge in [-0.3, -0.25) is 4.68 Å². The van der Waals surface area contributed by atoms with Gasteiger partial charge in [0.1, 0.15) is 17.4 Å². The number of benzene rings is 2. The molecule has 6 nitrogen and oxygen atoms in total. The Balaban J connectivity index is 1.86. The van der Waals surface area contributed by atoms with Crippen molar-refractivity contribution in [1.82, 2.24) is 9.78 Å². The largest absolute Gasteiger partial charge is 0.493 e. The molecule has 0 aliphatic heterocycles. The predicted molar refractivity (Wildman–Crippen MR) is 107 cm³/mol. The summed E-state index contributed by atoms with van der Waals surface area (Å²) in [6.45, 7) is 2.35. The second-order valence-electron chi connectivity index (χ2n) is 5.81. The number of aryl methyl sites for hydroxylation is 1. The number of nitrogens with zero attached hydrogens (tertiary/aromatic N) is 2. The Morgan fingerprint density at radius 1 is 1.21 bits per heavy atom. The summed E-state index contributed by atoms with van der Waals surface area (Å²) >= 11 is 3.46. The zero-order chi connectivity index (χ0) is 20.3. The number of anilines is 2. The van der Waals surface area contributed by atoms with Gasteiger partial charge in [-0.2, -0.15) is 5.10 Å². The number of rotatable bonds is 5. The second-order valence-corrected chi connectivity index (χ2v) is 6.67. The summed E-state index contributed by atoms with van der Waals surface area (Å²) in [6, 6.07) is 7.38. The molecular formula is C19H17BrF2N4O2. The molecule has 0 aliphatic rings. The van der Waals surface area contributed by atoms with E-state index in [-0.39, 0.29) is 5.69 Å². The van der Waals surface area contributed by atoms with Gasteiger partial charge in [-0.15, -0.1) is 0 Å². The third-order valence-electron chi connectivity index (χ3n) is 3.87. The number of carbonyl (C=O) groups is 1. The average molecular weight is 451 g/mol. The zero-order valence-corrected chi connectivity index (χ0v) is 16.7. The normalized spacial score (nSPS) is 10.6. The molecule has 1 aromatic heterocycles. The first kappa shape index (κ1) is 19.8. The van der Waals surface area contributed by atoms with Crippen LogP contribution in [-0.4, -0.2) is 22.4 Å². The molecule has 146 valence electrons. The van der Waals surface area contributed by atoms with Gasteiger partial charge >= 0.3 is 6.03 Å². The minimum Gasteiger partial charge on any atom is -0.493 e. The van der Waals surface area contributed by atoms with Gasteiger partial charge in [-0.1, -0.05) is 0 Å². The highest BCUT2D eigenvalue weighted by Gasteiger charge is 2.16. The summed E-state index contributed by atoms with van der Waals surface area (Å²) in [7, 11) is 1.79. The van der Waals surface area contributed by atoms with Crippen LogP contribution in [0.3, 0.4) is 0 Å². The summed E-state index contributed by atoms with van der Waals surface area (Å²) in [5.74, 6) is -0.954. The Morgan fingerprint density at radius 2 is 2.00 bits per heavy atom. The molecule has 2 amide bonds. The highest BCUT2D eigenvalue weighted by atomic mass is 79.9. The van der Waals surface area contributed by atoms with Crippen molar-refractivity contribution in [3.63, 3.8) is 0 Å². The lowest BCUT2D eigenvalue weighted by molar-refractivity contribution is 0.262. The Kier molecular flexibility index (Phi) is 5.93. The molecule has 0 unspecified atom stereocenters. The van der Waals surface area contributed by atoms with E-state index in [1.165, 1.54) is 0 Å². The van der Waals surface area contributed by atoms with E-state index in [0.717, 1.165) is 27.9 Å². The number of ether oxygens (including phenoxy) is 1. The lowest BCUT2D eigenvalue weighted by Gasteiger charge is -2.14. The van der Waals surface area contributed by atoms with E-state index >= 15 is 0 Å². The Labute approximate surface area is 168 Å². The maximum atomic E-state index is 13.7. The van der Waals surface area contributed by atoms with Gasteiger partial charge < -0.3 is 15.4 Å². The van der Waals surface area contributed by atoms with Crippen LogP contribution in [0.5, 0.6) is 5.75 Å². The van der Waals surface area contributed by atoms with Crippen molar-refractivity contribution >= 4 is 33.3 Å². The van der Waals surface area contributed by atoms with E-state index in [1.54, 1.807) is 36.1 Å². The molecule has 0 saturated heterocycles. The van der Waals surface area contributed by atoms with Gasteiger partial charge in [0.15, 0.2) is 0 Å². The minimum absolute atomic E-state index is 0.126. The summed E-state index contributed by atoms with van der Waals surface area (Å²) in [5.41, 5.74) is 1.84. The molecule has 3 aromatic rings. The van der Waals surface area contributed by atoms with Gasteiger partial charge in [0, 0.05) is 24.4 Å². The molecule has 0 radical (unpaired) electrons. The van der Waals surface area contributed by atoms with Crippen LogP contribution in [-0.2, 0) is 7.05 Å². The fraction of sp³-hybridized carbons (Fsp3) is 0.158. The van der Waals surface area contributed by atoms with Crippen LogP contribution in [0.2, 0.25) is 0 Å². The van der Waals surface area contributed by atoms with Crippen LogP contribution >= 0.6 is 15.9 Å². The van der Waals surface area contributed by atoms with E-state index in [2.05, 4.69) is 31.7 Å². The zero-order valence-electron chi connectivity index (χ0n) is 15.1. The molecule has 0 saturated carbocycles. The molecule has 2 aromatic carbocycles. The fourth-order valence-electron chi connectivity index (χ4n) is 2.66. The van der Waals surface area contributed by atoms with Crippen LogP contribution in [0.25, 0.3) is 11.3 Å². The van der Waals surface area contributed by atoms with Crippen molar-refractivity contribution in [2.24, 2.45) is 7.05 Å². The van der Waals surface area contributed by atoms with Gasteiger partial charge in [0.2, 0.25) is 0 Å². The lowest BCUT2D eigenvalue weighted by atomic mass is 10.1. The van der Waals surface area contributed by atoms with Crippen LogP contribution in [0.1, 0.15) is 6.92 Å². The van der Waals surface area contributed by atoms with Gasteiger partial charge in [-0.05, 0) is 53.2 Å². The van der Waals surface area contributed by atoms with Crippen molar-refractivity contribution < 1.29 is 18.3 Å². The Bertz CT molecular complexity index is 1000. The first-order chi connectivity index (χ1) is 13.4. The molecule has 0 fully saturated rings. The van der Waals surface area contributed by atoms with E-state index in [1.807, 2.05) is 6.92 Å². The standard InChI is InChI=1S/C19H17BrF2N4O2/c1-3-28-17-7-5-12(9-13(17)18-14(20)10-23-26(18)2)24-19(27)25-16-6-4-11(21)8-15(16)22/h4-10H,3H2,1-2H3,(H2,24,25,27). The molecule has 0 atom stereocenters. The molecule has 28 heavy (non-hydrogen) atoms. The number of hydrogen-bond donors (Lipinski definition) is 2. The molecule has 0 spiro atoms. The van der Waals surface area contributed by atoms with Gasteiger partial charge in [-0.25, -0.2) is 13.6 Å². The second kappa shape index (κ2) is 8.39. The first-order valence-corrected chi connectivity index (χ1v) is 9.16. The summed E-state index contributed by atoms with van der Waals surface area (Å²) in [6.07, 6.45) is 1.66. The molecular weight excluding hydrogens is 434 g/mol.